The van der Waals surface area contributed by atoms with Crippen molar-refractivity contribution in [1.29, 1.82) is 0 Å². The van der Waals surface area contributed by atoms with Gasteiger partial charge in [0.05, 0.1) is 33.9 Å². The molecular weight excluding hydrogens is 561 g/mol. The molecule has 5 aliphatic rings. The maximum Gasteiger partial charge on any atom is 0.0718 e. The van der Waals surface area contributed by atoms with Gasteiger partial charge in [-0.25, -0.2) is 0 Å². The van der Waals surface area contributed by atoms with Crippen molar-refractivity contribution in [1.82, 2.24) is 0 Å². The van der Waals surface area contributed by atoms with Crippen LogP contribution in [0.5, 0.6) is 0 Å². The molecule has 0 amide bonds. The summed E-state index contributed by atoms with van der Waals surface area (Å²) in [6.07, 6.45) is 22.2. The second-order valence-electron chi connectivity index (χ2n) is 6.02. The van der Waals surface area contributed by atoms with E-state index < -0.39 is 0 Å². The topological polar surface area (TPSA) is 0 Å². The van der Waals surface area contributed by atoms with E-state index in [4.69, 9.17) is 0 Å². The molecule has 0 saturated heterocycles. The van der Waals surface area contributed by atoms with Crippen LogP contribution in [0.3, 0.4) is 0 Å². The highest BCUT2D eigenvalue weighted by Gasteiger charge is 2.36. The first kappa shape index (κ1) is 23.2. The van der Waals surface area contributed by atoms with Crippen LogP contribution >= 0.6 is 118 Å². The van der Waals surface area contributed by atoms with Crippen LogP contribution in [0, 0.1) is 0 Å². The second kappa shape index (κ2) is 10.8. The van der Waals surface area contributed by atoms with Crippen molar-refractivity contribution in [2.24, 2.45) is 0 Å². The van der Waals surface area contributed by atoms with Gasteiger partial charge in [-0.2, -0.15) is 0 Å². The normalized spacial score (nSPS) is 23.5. The highest BCUT2D eigenvalue weighted by molar-refractivity contribution is 8.50. The van der Waals surface area contributed by atoms with Crippen LogP contribution in [0.25, 0.3) is 0 Å². The predicted molar refractivity (Wildman–Crippen MR) is 160 cm³/mol. The van der Waals surface area contributed by atoms with Crippen molar-refractivity contribution < 1.29 is 0 Å². The highest BCUT2D eigenvalue weighted by atomic mass is 32.3. The summed E-state index contributed by atoms with van der Waals surface area (Å²) in [6, 6.07) is 0. The van der Waals surface area contributed by atoms with Crippen molar-refractivity contribution in [3.63, 3.8) is 0 Å². The summed E-state index contributed by atoms with van der Waals surface area (Å²) >= 11 is 19.6. The smallest absolute Gasteiger partial charge is 0.0718 e. The Morgan fingerprint density at radius 1 is 0.600 bits per heavy atom. The van der Waals surface area contributed by atoms with Gasteiger partial charge in [0.1, 0.15) is 0 Å². The molecule has 0 spiro atoms. The molecule has 0 aromatic rings. The Labute approximate surface area is 220 Å². The minimum absolute atomic E-state index is 0.455. The molecule has 30 heavy (non-hydrogen) atoms. The van der Waals surface area contributed by atoms with E-state index in [1.54, 1.807) is 0 Å². The molecule has 0 N–H and O–H groups in total. The maximum atomic E-state index is 2.29. The van der Waals surface area contributed by atoms with Gasteiger partial charge in [0.2, 0.25) is 0 Å². The summed E-state index contributed by atoms with van der Waals surface area (Å²) in [5, 5.41) is 0.910. The van der Waals surface area contributed by atoms with Gasteiger partial charge in [-0.05, 0) is 12.5 Å². The number of allylic oxidation sites excluding steroid dienone is 4. The SMILES string of the molecule is CSC1=C(SC)SC(=C2SC3=C(S2)SC(=C(SC2C=CC=C2)SC2C=CC=C2)S3)S1. The van der Waals surface area contributed by atoms with Crippen molar-refractivity contribution in [3.8, 4) is 0 Å². The van der Waals surface area contributed by atoms with E-state index in [1.807, 2.05) is 118 Å². The van der Waals surface area contributed by atoms with E-state index in [-0.39, 0.29) is 0 Å². The number of thioether (sulfide) groups is 10. The number of rotatable bonds is 6. The standard InChI is InChI=1S/C20H16S10/c1-21-13-14(22-2)26-17(25-13)18-29-19-20(30-18)28-16(27-19)15(23-11-7-3-4-8-11)24-12-9-5-6-10-12/h3-12H,1-2H3. The summed E-state index contributed by atoms with van der Waals surface area (Å²) in [6.45, 7) is 0. The zero-order chi connectivity index (χ0) is 20.5. The molecule has 0 unspecified atom stereocenters. The van der Waals surface area contributed by atoms with Gasteiger partial charge in [0.15, 0.2) is 0 Å². The van der Waals surface area contributed by atoms with Crippen molar-refractivity contribution in [2.75, 3.05) is 12.5 Å². The fourth-order valence-corrected chi connectivity index (χ4v) is 17.3. The molecule has 0 saturated carbocycles. The summed E-state index contributed by atoms with van der Waals surface area (Å²) in [5.41, 5.74) is 0. The molecule has 10 heteroatoms. The van der Waals surface area contributed by atoms with Crippen molar-refractivity contribution >= 4 is 118 Å². The van der Waals surface area contributed by atoms with E-state index >= 15 is 0 Å². The van der Waals surface area contributed by atoms with E-state index in [1.165, 1.54) is 33.9 Å². The fourth-order valence-electron chi connectivity index (χ4n) is 2.71. The summed E-state index contributed by atoms with van der Waals surface area (Å²) < 4.78 is 11.7. The molecule has 3 heterocycles. The minimum atomic E-state index is 0.455. The Morgan fingerprint density at radius 3 is 1.43 bits per heavy atom. The minimum Gasteiger partial charge on any atom is -0.121 e. The third-order valence-electron chi connectivity index (χ3n) is 4.06. The Balaban J connectivity index is 1.30. The average molecular weight is 577 g/mol. The quantitative estimate of drug-likeness (QED) is 0.298. The second-order valence-corrected chi connectivity index (χ2v) is 18.2. The summed E-state index contributed by atoms with van der Waals surface area (Å²) in [4.78, 5) is 0. The van der Waals surface area contributed by atoms with E-state index in [9.17, 15) is 0 Å². The molecule has 3 aliphatic heterocycles. The first-order valence-corrected chi connectivity index (χ1v) is 18.0. The van der Waals surface area contributed by atoms with Crippen LogP contribution in [0.1, 0.15) is 0 Å². The maximum absolute atomic E-state index is 2.29. The monoisotopic (exact) mass is 576 g/mol. The van der Waals surface area contributed by atoms with Crippen LogP contribution in [0.15, 0.2) is 82.5 Å². The van der Waals surface area contributed by atoms with E-state index in [2.05, 4.69) is 61.1 Å². The molecule has 0 aromatic carbocycles. The molecular formula is C20H16S10. The van der Waals surface area contributed by atoms with Crippen LogP contribution in [-0.2, 0) is 0 Å². The Hall–Kier alpha value is 1.42. The highest BCUT2D eigenvalue weighted by Crippen LogP contribution is 2.71. The van der Waals surface area contributed by atoms with Crippen LogP contribution in [0.2, 0.25) is 0 Å². The van der Waals surface area contributed by atoms with Crippen LogP contribution < -0.4 is 0 Å². The Kier molecular flexibility index (Phi) is 8.33. The molecule has 156 valence electrons. The van der Waals surface area contributed by atoms with Crippen LogP contribution in [0.4, 0.5) is 0 Å². The zero-order valence-electron chi connectivity index (χ0n) is 15.9. The molecule has 0 nitrogen and oxygen atoms in total. The van der Waals surface area contributed by atoms with Gasteiger partial charge < -0.3 is 0 Å². The third kappa shape index (κ3) is 5.23. The first-order chi connectivity index (χ1) is 14.7. The third-order valence-corrected chi connectivity index (χ3v) is 18.5. The van der Waals surface area contributed by atoms with Crippen molar-refractivity contribution in [2.45, 2.75) is 10.5 Å². The molecule has 0 radical (unpaired) electrons. The average Bonchev–Trinajstić information content (AvgIpc) is 3.55. The van der Waals surface area contributed by atoms with Gasteiger partial charge in [0.25, 0.3) is 0 Å². The molecule has 5 rings (SSSR count). The molecule has 2 aliphatic carbocycles. The summed E-state index contributed by atoms with van der Waals surface area (Å²) in [7, 11) is 0. The fraction of sp³-hybridized carbons (Fsp3) is 0.200. The van der Waals surface area contributed by atoms with Crippen LogP contribution in [-0.4, -0.2) is 23.0 Å². The lowest BCUT2D eigenvalue weighted by atomic mass is 10.5. The van der Waals surface area contributed by atoms with Gasteiger partial charge in [-0.3, -0.25) is 0 Å². The molecule has 0 fully saturated rings. The predicted octanol–water partition coefficient (Wildman–Crippen LogP) is 10.1. The van der Waals surface area contributed by atoms with E-state index in [0.29, 0.717) is 10.5 Å². The molecule has 0 atom stereocenters. The van der Waals surface area contributed by atoms with Gasteiger partial charge in [0, 0.05) is 10.5 Å². The summed E-state index contributed by atoms with van der Waals surface area (Å²) in [5.74, 6) is 0. The lowest BCUT2D eigenvalue weighted by Gasteiger charge is -2.15. The van der Waals surface area contributed by atoms with Crippen molar-refractivity contribution in [3.05, 3.63) is 82.5 Å². The van der Waals surface area contributed by atoms with Gasteiger partial charge in [-0.15, -0.1) is 47.0 Å². The number of hydrogen-bond donors (Lipinski definition) is 0. The lowest BCUT2D eigenvalue weighted by molar-refractivity contribution is 1.47. The van der Waals surface area contributed by atoms with Gasteiger partial charge >= 0.3 is 0 Å². The first-order valence-electron chi connectivity index (χ1n) is 8.89. The lowest BCUT2D eigenvalue weighted by Crippen LogP contribution is -1.95. The Bertz CT molecular complexity index is 895. The Morgan fingerprint density at radius 2 is 1.00 bits per heavy atom. The number of hydrogen-bond acceptors (Lipinski definition) is 10. The molecule has 0 aromatic heterocycles. The zero-order valence-corrected chi connectivity index (χ0v) is 24.0. The van der Waals surface area contributed by atoms with Gasteiger partial charge in [-0.1, -0.05) is 119 Å². The molecule has 0 bridgehead atoms. The van der Waals surface area contributed by atoms with E-state index in [0.717, 1.165) is 0 Å². The largest absolute Gasteiger partial charge is 0.121 e.